The molecule has 3 N–H and O–H groups in total. The summed E-state index contributed by atoms with van der Waals surface area (Å²) in [6.45, 7) is 3.76. The summed E-state index contributed by atoms with van der Waals surface area (Å²) in [5.41, 5.74) is 1.41. The van der Waals surface area contributed by atoms with Crippen LogP contribution in [0.3, 0.4) is 0 Å². The van der Waals surface area contributed by atoms with Crippen LogP contribution in [0.2, 0.25) is 0 Å². The molecule has 0 fully saturated rings. The predicted molar refractivity (Wildman–Crippen MR) is 105 cm³/mol. The molecule has 0 bridgehead atoms. The van der Waals surface area contributed by atoms with Gasteiger partial charge in [-0.15, -0.1) is 0 Å². The molecule has 2 aromatic rings. The van der Waals surface area contributed by atoms with E-state index in [9.17, 15) is 18.0 Å². The van der Waals surface area contributed by atoms with E-state index < -0.39 is 10.0 Å². The predicted octanol–water partition coefficient (Wildman–Crippen LogP) is 2.98. The van der Waals surface area contributed by atoms with Crippen LogP contribution in [-0.4, -0.2) is 26.8 Å². The molecule has 0 saturated heterocycles. The van der Waals surface area contributed by atoms with E-state index in [4.69, 9.17) is 0 Å². The van der Waals surface area contributed by atoms with Crippen LogP contribution in [0.15, 0.2) is 53.4 Å². The summed E-state index contributed by atoms with van der Waals surface area (Å²) in [5.74, 6) is -0.583. The van der Waals surface area contributed by atoms with Crippen molar-refractivity contribution in [3.8, 4) is 0 Å². The van der Waals surface area contributed by atoms with Crippen LogP contribution in [0, 0.1) is 0 Å². The van der Waals surface area contributed by atoms with Crippen molar-refractivity contribution in [1.29, 1.82) is 0 Å². The van der Waals surface area contributed by atoms with E-state index in [1.807, 2.05) is 6.92 Å². The summed E-state index contributed by atoms with van der Waals surface area (Å²) < 4.78 is 26.8. The molecular formula is C19H23N3O4S. The lowest BCUT2D eigenvalue weighted by Crippen LogP contribution is -2.24. The first-order valence-corrected chi connectivity index (χ1v) is 10.1. The summed E-state index contributed by atoms with van der Waals surface area (Å²) in [5, 5.41) is 5.36. The van der Waals surface area contributed by atoms with Crippen LogP contribution in [0.25, 0.3) is 0 Å². The van der Waals surface area contributed by atoms with Gasteiger partial charge < -0.3 is 10.6 Å². The largest absolute Gasteiger partial charge is 0.326 e. The molecular weight excluding hydrogens is 366 g/mol. The summed E-state index contributed by atoms with van der Waals surface area (Å²) in [4.78, 5) is 23.6. The van der Waals surface area contributed by atoms with Crippen molar-refractivity contribution >= 4 is 33.2 Å². The monoisotopic (exact) mass is 389 g/mol. The third kappa shape index (κ3) is 6.19. The maximum atomic E-state index is 12.4. The maximum Gasteiger partial charge on any atom is 0.255 e. The topological polar surface area (TPSA) is 104 Å². The van der Waals surface area contributed by atoms with Crippen LogP contribution in [0.4, 0.5) is 11.4 Å². The van der Waals surface area contributed by atoms with Crippen LogP contribution >= 0.6 is 0 Å². The average molecular weight is 389 g/mol. The van der Waals surface area contributed by atoms with Crippen molar-refractivity contribution in [2.24, 2.45) is 0 Å². The molecule has 0 atom stereocenters. The highest BCUT2D eigenvalue weighted by atomic mass is 32.2. The van der Waals surface area contributed by atoms with E-state index in [2.05, 4.69) is 15.4 Å². The molecule has 0 spiro atoms. The number of anilines is 2. The van der Waals surface area contributed by atoms with Crippen LogP contribution in [-0.2, 0) is 14.8 Å². The van der Waals surface area contributed by atoms with Gasteiger partial charge >= 0.3 is 0 Å². The number of carbonyl (C=O) groups is 2. The zero-order chi connectivity index (χ0) is 19.9. The first-order valence-electron chi connectivity index (χ1n) is 8.60. The summed E-state index contributed by atoms with van der Waals surface area (Å²) >= 11 is 0. The zero-order valence-electron chi connectivity index (χ0n) is 15.3. The second-order valence-corrected chi connectivity index (χ2v) is 7.76. The van der Waals surface area contributed by atoms with Crippen LogP contribution in [0.5, 0.6) is 0 Å². The third-order valence-electron chi connectivity index (χ3n) is 3.69. The number of hydrogen-bond donors (Lipinski definition) is 3. The number of unbranched alkanes of at least 4 members (excludes halogenated alkanes) is 1. The summed E-state index contributed by atoms with van der Waals surface area (Å²) in [6.07, 6.45) is 1.65. The number of hydrogen-bond acceptors (Lipinski definition) is 4. The second kappa shape index (κ2) is 9.29. The normalized spacial score (nSPS) is 11.0. The Kier molecular flexibility index (Phi) is 7.09. The highest BCUT2D eigenvalue weighted by Crippen LogP contribution is 2.17. The molecule has 0 heterocycles. The van der Waals surface area contributed by atoms with E-state index in [-0.39, 0.29) is 16.7 Å². The first-order chi connectivity index (χ1) is 12.8. The van der Waals surface area contributed by atoms with Crippen molar-refractivity contribution in [1.82, 2.24) is 4.72 Å². The Morgan fingerprint density at radius 2 is 1.59 bits per heavy atom. The SMILES string of the molecule is CCCCNS(=O)(=O)c1ccc(C(=O)Nc2cccc(NC(C)=O)c2)cc1. The highest BCUT2D eigenvalue weighted by molar-refractivity contribution is 7.89. The van der Waals surface area contributed by atoms with Crippen molar-refractivity contribution in [2.75, 3.05) is 17.2 Å². The molecule has 2 aromatic carbocycles. The highest BCUT2D eigenvalue weighted by Gasteiger charge is 2.14. The Balaban J connectivity index is 2.06. The van der Waals surface area contributed by atoms with Gasteiger partial charge in [0.25, 0.3) is 5.91 Å². The molecule has 7 nitrogen and oxygen atoms in total. The average Bonchev–Trinajstić information content (AvgIpc) is 2.61. The molecule has 2 rings (SSSR count). The van der Waals surface area contributed by atoms with Crippen LogP contribution < -0.4 is 15.4 Å². The van der Waals surface area contributed by atoms with E-state index in [1.54, 1.807) is 24.3 Å². The molecule has 0 aliphatic rings. The summed E-state index contributed by atoms with van der Waals surface area (Å²) in [6, 6.07) is 12.5. The molecule has 27 heavy (non-hydrogen) atoms. The van der Waals surface area contributed by atoms with Gasteiger partial charge in [0.1, 0.15) is 0 Å². The molecule has 0 saturated carbocycles. The van der Waals surface area contributed by atoms with E-state index >= 15 is 0 Å². The molecule has 2 amide bonds. The lowest BCUT2D eigenvalue weighted by atomic mass is 10.2. The second-order valence-electron chi connectivity index (χ2n) is 5.99. The van der Waals surface area contributed by atoms with Crippen molar-refractivity contribution in [2.45, 2.75) is 31.6 Å². The lowest BCUT2D eigenvalue weighted by Gasteiger charge is -2.09. The van der Waals surface area contributed by atoms with E-state index in [0.717, 1.165) is 12.8 Å². The fourth-order valence-electron chi connectivity index (χ4n) is 2.33. The quantitative estimate of drug-likeness (QED) is 0.604. The van der Waals surface area contributed by atoms with Crippen molar-refractivity contribution in [3.05, 3.63) is 54.1 Å². The summed E-state index contributed by atoms with van der Waals surface area (Å²) in [7, 11) is -3.57. The number of amides is 2. The number of sulfonamides is 1. The Hall–Kier alpha value is -2.71. The Morgan fingerprint density at radius 1 is 0.963 bits per heavy atom. The minimum absolute atomic E-state index is 0.114. The number of benzene rings is 2. The molecule has 0 aromatic heterocycles. The smallest absolute Gasteiger partial charge is 0.255 e. The molecule has 8 heteroatoms. The molecule has 0 aliphatic carbocycles. The van der Waals surface area contributed by atoms with Gasteiger partial charge in [-0.25, -0.2) is 13.1 Å². The Labute approximate surface area is 159 Å². The van der Waals surface area contributed by atoms with Gasteiger partial charge in [-0.1, -0.05) is 19.4 Å². The van der Waals surface area contributed by atoms with Gasteiger partial charge in [0.05, 0.1) is 4.90 Å². The molecule has 0 radical (unpaired) electrons. The number of rotatable bonds is 8. The zero-order valence-corrected chi connectivity index (χ0v) is 16.1. The third-order valence-corrected chi connectivity index (χ3v) is 5.17. The van der Waals surface area contributed by atoms with E-state index in [1.165, 1.54) is 31.2 Å². The Morgan fingerprint density at radius 3 is 2.19 bits per heavy atom. The minimum Gasteiger partial charge on any atom is -0.326 e. The van der Waals surface area contributed by atoms with Gasteiger partial charge in [0.2, 0.25) is 15.9 Å². The van der Waals surface area contributed by atoms with Crippen LogP contribution in [0.1, 0.15) is 37.0 Å². The van der Waals surface area contributed by atoms with Gasteiger partial charge in [-0.3, -0.25) is 9.59 Å². The van der Waals surface area contributed by atoms with E-state index in [0.29, 0.717) is 23.5 Å². The first kappa shape index (κ1) is 20.6. The van der Waals surface area contributed by atoms with Gasteiger partial charge in [-0.05, 0) is 48.9 Å². The van der Waals surface area contributed by atoms with Gasteiger partial charge in [0.15, 0.2) is 0 Å². The van der Waals surface area contributed by atoms with Crippen molar-refractivity contribution < 1.29 is 18.0 Å². The minimum atomic E-state index is -3.57. The number of nitrogens with one attached hydrogen (secondary N) is 3. The molecule has 0 unspecified atom stereocenters. The fraction of sp³-hybridized carbons (Fsp3) is 0.263. The lowest BCUT2D eigenvalue weighted by molar-refractivity contribution is -0.114. The number of carbonyl (C=O) groups excluding carboxylic acids is 2. The maximum absolute atomic E-state index is 12.4. The standard InChI is InChI=1S/C19H23N3O4S/c1-3-4-12-20-27(25,26)18-10-8-15(9-11-18)19(24)22-17-7-5-6-16(13-17)21-14(2)23/h5-11,13,20H,3-4,12H2,1-2H3,(H,21,23)(H,22,24). The molecule has 0 aliphatic heterocycles. The van der Waals surface area contributed by atoms with Crippen molar-refractivity contribution in [3.63, 3.8) is 0 Å². The fourth-order valence-corrected chi connectivity index (χ4v) is 3.41. The van der Waals surface area contributed by atoms with Gasteiger partial charge in [-0.2, -0.15) is 0 Å². The Bertz CT molecular complexity index is 909. The molecule has 144 valence electrons. The van der Waals surface area contributed by atoms with Gasteiger partial charge in [0, 0.05) is 30.4 Å².